The van der Waals surface area contributed by atoms with Crippen molar-refractivity contribution < 1.29 is 9.53 Å². The van der Waals surface area contributed by atoms with Crippen molar-refractivity contribution >= 4 is 28.6 Å². The molecular weight excluding hydrogens is 291 g/mol. The van der Waals surface area contributed by atoms with Gasteiger partial charge in [0, 0.05) is 9.13 Å². The highest BCUT2D eigenvalue weighted by Crippen LogP contribution is 2.19. The van der Waals surface area contributed by atoms with Gasteiger partial charge in [0.05, 0.1) is 12.7 Å². The van der Waals surface area contributed by atoms with E-state index in [-0.39, 0.29) is 5.97 Å². The van der Waals surface area contributed by atoms with Crippen molar-refractivity contribution in [1.82, 2.24) is 0 Å². The topological polar surface area (TPSA) is 26.3 Å². The lowest BCUT2D eigenvalue weighted by atomic mass is 10.1. The average Bonchev–Trinajstić information content (AvgIpc) is 2.20. The van der Waals surface area contributed by atoms with Gasteiger partial charge in [-0.05, 0) is 47.2 Å². The highest BCUT2D eigenvalue weighted by atomic mass is 127. The number of esters is 1. The number of ether oxygens (including phenoxy) is 1. The Bertz CT molecular complexity index is 416. The first-order chi connectivity index (χ1) is 6.60. The van der Waals surface area contributed by atoms with Gasteiger partial charge >= 0.3 is 5.97 Å². The molecule has 0 saturated heterocycles. The van der Waals surface area contributed by atoms with E-state index in [1.165, 1.54) is 7.11 Å². The predicted octanol–water partition coefficient (Wildman–Crippen LogP) is 2.37. The van der Waals surface area contributed by atoms with Crippen molar-refractivity contribution in [2.75, 3.05) is 7.11 Å². The highest BCUT2D eigenvalue weighted by molar-refractivity contribution is 14.1. The Hall–Kier alpha value is -1.02. The standard InChI is InChI=1S/C11H9IO2/c1-4-8-5-9(11(13)14-3)7(2)10(12)6-8/h1,5-6H,2-3H3. The van der Waals surface area contributed by atoms with Crippen molar-refractivity contribution in [1.29, 1.82) is 0 Å². The second-order valence-corrected chi connectivity index (χ2v) is 3.93. The van der Waals surface area contributed by atoms with Gasteiger partial charge in [0.25, 0.3) is 0 Å². The highest BCUT2D eigenvalue weighted by Gasteiger charge is 2.12. The summed E-state index contributed by atoms with van der Waals surface area (Å²) in [6.07, 6.45) is 5.27. The molecule has 0 saturated carbocycles. The molecule has 1 aromatic carbocycles. The van der Waals surface area contributed by atoms with Crippen LogP contribution in [0.5, 0.6) is 0 Å². The zero-order valence-corrected chi connectivity index (χ0v) is 10.1. The smallest absolute Gasteiger partial charge is 0.338 e. The number of methoxy groups -OCH3 is 1. The van der Waals surface area contributed by atoms with E-state index < -0.39 is 0 Å². The van der Waals surface area contributed by atoms with Crippen LogP contribution in [-0.2, 0) is 4.74 Å². The second kappa shape index (κ2) is 4.47. The fourth-order valence-corrected chi connectivity index (χ4v) is 1.71. The van der Waals surface area contributed by atoms with E-state index in [2.05, 4.69) is 33.2 Å². The zero-order valence-electron chi connectivity index (χ0n) is 7.93. The van der Waals surface area contributed by atoms with Crippen LogP contribution in [-0.4, -0.2) is 13.1 Å². The normalized spacial score (nSPS) is 9.29. The number of terminal acetylenes is 1. The maximum Gasteiger partial charge on any atom is 0.338 e. The monoisotopic (exact) mass is 300 g/mol. The van der Waals surface area contributed by atoms with Crippen LogP contribution in [0, 0.1) is 22.8 Å². The maximum absolute atomic E-state index is 11.4. The first kappa shape index (κ1) is 11.1. The van der Waals surface area contributed by atoms with Crippen LogP contribution in [0.25, 0.3) is 0 Å². The maximum atomic E-state index is 11.4. The van der Waals surface area contributed by atoms with E-state index in [1.807, 2.05) is 13.0 Å². The Balaban J connectivity index is 3.36. The lowest BCUT2D eigenvalue weighted by molar-refractivity contribution is 0.0600. The van der Waals surface area contributed by atoms with Crippen LogP contribution in [0.3, 0.4) is 0 Å². The van der Waals surface area contributed by atoms with E-state index in [0.29, 0.717) is 11.1 Å². The van der Waals surface area contributed by atoms with Gasteiger partial charge in [-0.15, -0.1) is 6.42 Å². The van der Waals surface area contributed by atoms with Crippen molar-refractivity contribution in [3.05, 3.63) is 32.4 Å². The first-order valence-corrected chi connectivity index (χ1v) is 5.03. The van der Waals surface area contributed by atoms with E-state index in [1.54, 1.807) is 6.07 Å². The molecule has 1 aromatic rings. The molecule has 0 N–H and O–H groups in total. The number of hydrogen-bond acceptors (Lipinski definition) is 2. The molecule has 0 aliphatic heterocycles. The molecular formula is C11H9IO2. The van der Waals surface area contributed by atoms with Gasteiger partial charge in [0.2, 0.25) is 0 Å². The molecule has 0 aliphatic carbocycles. The van der Waals surface area contributed by atoms with Gasteiger partial charge in [-0.2, -0.15) is 0 Å². The Kier molecular flexibility index (Phi) is 3.53. The average molecular weight is 300 g/mol. The van der Waals surface area contributed by atoms with Crippen LogP contribution >= 0.6 is 22.6 Å². The number of carbonyl (C=O) groups is 1. The lowest BCUT2D eigenvalue weighted by Crippen LogP contribution is -2.05. The van der Waals surface area contributed by atoms with Crippen molar-refractivity contribution in [2.24, 2.45) is 0 Å². The molecule has 0 fully saturated rings. The Morgan fingerprint density at radius 3 is 2.71 bits per heavy atom. The van der Waals surface area contributed by atoms with Gasteiger partial charge in [0.1, 0.15) is 0 Å². The fourth-order valence-electron chi connectivity index (χ4n) is 1.08. The summed E-state index contributed by atoms with van der Waals surface area (Å²) >= 11 is 2.15. The molecule has 1 rings (SSSR count). The van der Waals surface area contributed by atoms with Crippen LogP contribution in [0.2, 0.25) is 0 Å². The van der Waals surface area contributed by atoms with Crippen LogP contribution in [0.4, 0.5) is 0 Å². The van der Waals surface area contributed by atoms with Crippen molar-refractivity contribution in [3.63, 3.8) is 0 Å². The van der Waals surface area contributed by atoms with Gasteiger partial charge in [-0.25, -0.2) is 4.79 Å². The molecule has 0 heterocycles. The number of hydrogen-bond donors (Lipinski definition) is 0. The number of benzene rings is 1. The molecule has 0 aromatic heterocycles. The van der Waals surface area contributed by atoms with Gasteiger partial charge < -0.3 is 4.74 Å². The number of rotatable bonds is 1. The quantitative estimate of drug-likeness (QED) is 0.452. The minimum atomic E-state index is -0.350. The molecule has 0 bridgehead atoms. The van der Waals surface area contributed by atoms with E-state index in [4.69, 9.17) is 6.42 Å². The molecule has 2 nitrogen and oxygen atoms in total. The molecule has 0 atom stereocenters. The molecule has 3 heteroatoms. The third-order valence-electron chi connectivity index (χ3n) is 1.92. The largest absolute Gasteiger partial charge is 0.465 e. The van der Waals surface area contributed by atoms with Crippen LogP contribution in [0.1, 0.15) is 21.5 Å². The number of carbonyl (C=O) groups excluding carboxylic acids is 1. The van der Waals surface area contributed by atoms with Gasteiger partial charge in [0.15, 0.2) is 0 Å². The summed E-state index contributed by atoms with van der Waals surface area (Å²) < 4.78 is 5.63. The molecule has 0 spiro atoms. The van der Waals surface area contributed by atoms with Gasteiger partial charge in [-0.1, -0.05) is 5.92 Å². The van der Waals surface area contributed by atoms with E-state index in [0.717, 1.165) is 9.13 Å². The third-order valence-corrected chi connectivity index (χ3v) is 3.04. The van der Waals surface area contributed by atoms with E-state index >= 15 is 0 Å². The minimum Gasteiger partial charge on any atom is -0.465 e. The molecule has 0 aliphatic rings. The Labute approximate surface area is 96.8 Å². The van der Waals surface area contributed by atoms with Crippen LogP contribution in [0.15, 0.2) is 12.1 Å². The summed E-state index contributed by atoms with van der Waals surface area (Å²) in [6, 6.07) is 3.53. The Morgan fingerprint density at radius 2 is 2.21 bits per heavy atom. The molecule has 0 unspecified atom stereocenters. The first-order valence-electron chi connectivity index (χ1n) is 3.95. The Morgan fingerprint density at radius 1 is 1.57 bits per heavy atom. The van der Waals surface area contributed by atoms with Gasteiger partial charge in [-0.3, -0.25) is 0 Å². The molecule has 14 heavy (non-hydrogen) atoms. The third kappa shape index (κ3) is 2.07. The zero-order chi connectivity index (χ0) is 10.7. The second-order valence-electron chi connectivity index (χ2n) is 2.77. The van der Waals surface area contributed by atoms with Crippen molar-refractivity contribution in [2.45, 2.75) is 6.92 Å². The minimum absolute atomic E-state index is 0.350. The van der Waals surface area contributed by atoms with Crippen molar-refractivity contribution in [3.8, 4) is 12.3 Å². The summed E-state index contributed by atoms with van der Waals surface area (Å²) in [5, 5.41) is 0. The molecule has 0 amide bonds. The predicted molar refractivity (Wildman–Crippen MR) is 63.2 cm³/mol. The lowest BCUT2D eigenvalue weighted by Gasteiger charge is -2.06. The summed E-state index contributed by atoms with van der Waals surface area (Å²) in [5.74, 6) is 2.15. The van der Waals surface area contributed by atoms with Crippen LogP contribution < -0.4 is 0 Å². The van der Waals surface area contributed by atoms with E-state index in [9.17, 15) is 4.79 Å². The summed E-state index contributed by atoms with van der Waals surface area (Å²) in [6.45, 7) is 1.87. The summed E-state index contributed by atoms with van der Waals surface area (Å²) in [4.78, 5) is 11.4. The molecule has 72 valence electrons. The fraction of sp³-hybridized carbons (Fsp3) is 0.182. The SMILES string of the molecule is C#Cc1cc(I)c(C)c(C(=O)OC)c1. The summed E-state index contributed by atoms with van der Waals surface area (Å²) in [7, 11) is 1.36. The molecule has 0 radical (unpaired) electrons. The number of halogens is 1. The summed E-state index contributed by atoms with van der Waals surface area (Å²) in [5.41, 5.74) is 2.13.